The number of fused-ring (bicyclic) bond motifs is 1. The summed E-state index contributed by atoms with van der Waals surface area (Å²) in [6, 6.07) is 4.54. The Balaban J connectivity index is 1.74. The van der Waals surface area contributed by atoms with Crippen LogP contribution < -0.4 is 10.1 Å². The lowest BCUT2D eigenvalue weighted by Gasteiger charge is -2.18. The molecule has 114 valence electrons. The van der Waals surface area contributed by atoms with Crippen LogP contribution in [0.3, 0.4) is 0 Å². The molecular weight excluding hydrogens is 298 g/mol. The molecule has 0 spiro atoms. The second-order valence-electron chi connectivity index (χ2n) is 5.09. The maximum atomic E-state index is 12.4. The fraction of sp³-hybridized carbons (Fsp3) is 0.500. The van der Waals surface area contributed by atoms with Crippen molar-refractivity contribution in [2.75, 3.05) is 20.3 Å². The highest BCUT2D eigenvalue weighted by molar-refractivity contribution is 6.31. The number of hydrogen-bond donors (Lipinski definition) is 2. The molecule has 2 heterocycles. The number of aliphatic hydroxyl groups excluding tert-OH is 1. The van der Waals surface area contributed by atoms with E-state index in [1.165, 1.54) is 7.11 Å². The number of carbonyl (C=O) groups is 1. The molecule has 4 atom stereocenters. The second kappa shape index (κ2) is 5.81. The minimum absolute atomic E-state index is 0.224. The molecule has 1 aromatic carbocycles. The Bertz CT molecular complexity index is 552. The zero-order chi connectivity index (χ0) is 15.0. The molecule has 7 heteroatoms. The summed E-state index contributed by atoms with van der Waals surface area (Å²) in [7, 11) is 1.49. The Kier molecular flexibility index (Phi) is 4.03. The highest BCUT2D eigenvalue weighted by atomic mass is 35.5. The molecule has 2 aliphatic heterocycles. The van der Waals surface area contributed by atoms with Crippen LogP contribution in [0, 0.1) is 0 Å². The molecule has 2 saturated heterocycles. The van der Waals surface area contributed by atoms with E-state index in [1.807, 2.05) is 0 Å². The van der Waals surface area contributed by atoms with Gasteiger partial charge in [-0.2, -0.15) is 0 Å². The lowest BCUT2D eigenvalue weighted by molar-refractivity contribution is 0.0178. The molecular formula is C14H16ClNO5. The number of hydrogen-bond acceptors (Lipinski definition) is 5. The van der Waals surface area contributed by atoms with Crippen LogP contribution in [0.2, 0.25) is 5.02 Å². The number of methoxy groups -OCH3 is 1. The fourth-order valence-electron chi connectivity index (χ4n) is 2.71. The Morgan fingerprint density at radius 2 is 2.14 bits per heavy atom. The van der Waals surface area contributed by atoms with Gasteiger partial charge in [0.05, 0.1) is 31.9 Å². The van der Waals surface area contributed by atoms with Crippen molar-refractivity contribution in [3.05, 3.63) is 28.8 Å². The molecule has 1 amide bonds. The molecule has 0 radical (unpaired) electrons. The van der Waals surface area contributed by atoms with Crippen molar-refractivity contribution < 1.29 is 24.1 Å². The van der Waals surface area contributed by atoms with Crippen LogP contribution in [0.1, 0.15) is 10.4 Å². The van der Waals surface area contributed by atoms with E-state index in [0.717, 1.165) is 0 Å². The van der Waals surface area contributed by atoms with Gasteiger partial charge in [0.2, 0.25) is 0 Å². The Hall–Kier alpha value is -1.34. The number of nitrogens with one attached hydrogen (secondary N) is 1. The number of carbonyl (C=O) groups excluding carboxylic acids is 1. The number of halogens is 1. The largest absolute Gasteiger partial charge is 0.496 e. The zero-order valence-corrected chi connectivity index (χ0v) is 12.2. The monoisotopic (exact) mass is 313 g/mol. The Labute approximate surface area is 126 Å². The van der Waals surface area contributed by atoms with Gasteiger partial charge in [0, 0.05) is 5.02 Å². The number of amides is 1. The molecule has 6 nitrogen and oxygen atoms in total. The molecule has 1 aromatic rings. The summed E-state index contributed by atoms with van der Waals surface area (Å²) in [4.78, 5) is 12.4. The topological polar surface area (TPSA) is 77.0 Å². The van der Waals surface area contributed by atoms with Gasteiger partial charge in [0.1, 0.15) is 24.1 Å². The molecule has 21 heavy (non-hydrogen) atoms. The highest BCUT2D eigenvalue weighted by Crippen LogP contribution is 2.28. The third-order valence-corrected chi connectivity index (χ3v) is 3.99. The maximum Gasteiger partial charge on any atom is 0.255 e. The molecule has 2 N–H and O–H groups in total. The van der Waals surface area contributed by atoms with Crippen LogP contribution in [-0.4, -0.2) is 55.7 Å². The van der Waals surface area contributed by atoms with E-state index >= 15 is 0 Å². The molecule has 2 fully saturated rings. The fourth-order valence-corrected chi connectivity index (χ4v) is 2.88. The standard InChI is InChI=1S/C14H16ClNO5/c1-19-11-3-2-7(15)4-8(11)14(18)16-9-5-20-13-10(17)6-21-12(9)13/h2-4,9-10,12-13,17H,5-6H2,1H3,(H,16,18)/t9-,10-,12-,13-/m1/s1. The van der Waals surface area contributed by atoms with E-state index in [2.05, 4.69) is 5.32 Å². The van der Waals surface area contributed by atoms with Crippen molar-refractivity contribution in [1.29, 1.82) is 0 Å². The van der Waals surface area contributed by atoms with Crippen LogP contribution >= 0.6 is 11.6 Å². The van der Waals surface area contributed by atoms with E-state index in [1.54, 1.807) is 18.2 Å². The summed E-state index contributed by atoms with van der Waals surface area (Å²) in [6.07, 6.45) is -1.34. The van der Waals surface area contributed by atoms with Gasteiger partial charge in [0.25, 0.3) is 5.91 Å². The molecule has 0 aromatic heterocycles. The van der Waals surface area contributed by atoms with E-state index in [0.29, 0.717) is 22.9 Å². The highest BCUT2D eigenvalue weighted by Gasteiger charge is 2.47. The number of ether oxygens (including phenoxy) is 3. The van der Waals surface area contributed by atoms with Crippen molar-refractivity contribution in [3.8, 4) is 5.75 Å². The van der Waals surface area contributed by atoms with Gasteiger partial charge in [-0.1, -0.05) is 11.6 Å². The van der Waals surface area contributed by atoms with E-state index in [4.69, 9.17) is 25.8 Å². The minimum atomic E-state index is -0.641. The quantitative estimate of drug-likeness (QED) is 0.855. The van der Waals surface area contributed by atoms with Crippen LogP contribution in [0.25, 0.3) is 0 Å². The predicted octanol–water partition coefficient (Wildman–Crippen LogP) is 0.605. The van der Waals surface area contributed by atoms with Crippen LogP contribution in [0.15, 0.2) is 18.2 Å². The molecule has 2 aliphatic rings. The number of benzene rings is 1. The van der Waals surface area contributed by atoms with Gasteiger partial charge in [-0.15, -0.1) is 0 Å². The first-order valence-electron chi connectivity index (χ1n) is 6.66. The van der Waals surface area contributed by atoms with Crippen molar-refractivity contribution in [2.45, 2.75) is 24.4 Å². The van der Waals surface area contributed by atoms with Gasteiger partial charge >= 0.3 is 0 Å². The first-order valence-corrected chi connectivity index (χ1v) is 7.03. The van der Waals surface area contributed by atoms with Gasteiger partial charge in [-0.05, 0) is 18.2 Å². The predicted molar refractivity (Wildman–Crippen MR) is 74.7 cm³/mol. The van der Waals surface area contributed by atoms with E-state index in [9.17, 15) is 9.90 Å². The Morgan fingerprint density at radius 1 is 1.38 bits per heavy atom. The van der Waals surface area contributed by atoms with Gasteiger partial charge in [-0.25, -0.2) is 0 Å². The number of aliphatic hydroxyl groups is 1. The minimum Gasteiger partial charge on any atom is -0.496 e. The normalized spacial score (nSPS) is 31.0. The first kappa shape index (κ1) is 14.6. The summed E-state index contributed by atoms with van der Waals surface area (Å²) in [6.45, 7) is 0.531. The van der Waals surface area contributed by atoms with Gasteiger partial charge in [0.15, 0.2) is 0 Å². The zero-order valence-electron chi connectivity index (χ0n) is 11.4. The number of rotatable bonds is 3. The van der Waals surface area contributed by atoms with Crippen molar-refractivity contribution in [1.82, 2.24) is 5.32 Å². The van der Waals surface area contributed by atoms with Crippen molar-refractivity contribution >= 4 is 17.5 Å². The molecule has 0 saturated carbocycles. The van der Waals surface area contributed by atoms with E-state index < -0.39 is 6.10 Å². The van der Waals surface area contributed by atoms with Crippen molar-refractivity contribution in [2.24, 2.45) is 0 Å². The third-order valence-electron chi connectivity index (χ3n) is 3.75. The SMILES string of the molecule is COc1ccc(Cl)cc1C(=O)N[C@@H]1CO[C@H]2[C@@H]1OC[C@H]2O. The summed E-state index contributed by atoms with van der Waals surface area (Å²) >= 11 is 5.92. The van der Waals surface area contributed by atoms with Crippen LogP contribution in [0.5, 0.6) is 5.75 Å². The smallest absolute Gasteiger partial charge is 0.255 e. The second-order valence-corrected chi connectivity index (χ2v) is 5.52. The van der Waals surface area contributed by atoms with Gasteiger partial charge < -0.3 is 24.6 Å². The van der Waals surface area contributed by atoms with Gasteiger partial charge in [-0.3, -0.25) is 4.79 Å². The first-order chi connectivity index (χ1) is 10.1. The average Bonchev–Trinajstić information content (AvgIpc) is 3.03. The van der Waals surface area contributed by atoms with E-state index in [-0.39, 0.29) is 30.8 Å². The molecule has 0 unspecified atom stereocenters. The molecule has 3 rings (SSSR count). The lowest BCUT2D eigenvalue weighted by Crippen LogP contribution is -2.44. The van der Waals surface area contributed by atoms with Crippen LogP contribution in [-0.2, 0) is 9.47 Å². The summed E-state index contributed by atoms with van der Waals surface area (Å²) in [5.74, 6) is 0.133. The molecule has 0 aliphatic carbocycles. The Morgan fingerprint density at radius 3 is 2.90 bits per heavy atom. The third kappa shape index (κ3) is 2.72. The van der Waals surface area contributed by atoms with Crippen molar-refractivity contribution in [3.63, 3.8) is 0 Å². The summed E-state index contributed by atoms with van der Waals surface area (Å²) in [5.41, 5.74) is 0.354. The average molecular weight is 314 g/mol. The van der Waals surface area contributed by atoms with Crippen LogP contribution in [0.4, 0.5) is 0 Å². The maximum absolute atomic E-state index is 12.4. The summed E-state index contributed by atoms with van der Waals surface area (Å²) < 4.78 is 16.1. The summed E-state index contributed by atoms with van der Waals surface area (Å²) in [5, 5.41) is 13.0. The lowest BCUT2D eigenvalue weighted by atomic mass is 10.1. The molecule has 0 bridgehead atoms.